The molecular formula is C12H16ClNO2. The maximum Gasteiger partial charge on any atom is 0.218 e. The fraction of sp³-hybridized carbons (Fsp3) is 0.417. The highest BCUT2D eigenvalue weighted by molar-refractivity contribution is 6.21. The molecule has 0 saturated carbocycles. The van der Waals surface area contributed by atoms with Gasteiger partial charge in [-0.3, -0.25) is 4.79 Å². The van der Waals surface area contributed by atoms with Gasteiger partial charge in [0, 0.05) is 12.8 Å². The van der Waals surface area contributed by atoms with E-state index in [-0.39, 0.29) is 11.8 Å². The maximum atomic E-state index is 10.8. The average Bonchev–Trinajstić information content (AvgIpc) is 2.27. The minimum atomic E-state index is -0.685. The zero-order valence-electron chi connectivity index (χ0n) is 9.35. The van der Waals surface area contributed by atoms with Gasteiger partial charge in [0.2, 0.25) is 5.91 Å². The number of nitrogens with one attached hydrogen (secondary N) is 1. The van der Waals surface area contributed by atoms with Crippen molar-refractivity contribution in [2.45, 2.75) is 25.5 Å². The van der Waals surface area contributed by atoms with E-state index in [0.29, 0.717) is 0 Å². The third kappa shape index (κ3) is 3.51. The van der Waals surface area contributed by atoms with Gasteiger partial charge >= 0.3 is 0 Å². The van der Waals surface area contributed by atoms with E-state index < -0.39 is 11.6 Å². The first-order valence-electron chi connectivity index (χ1n) is 5.16. The molecule has 1 aromatic rings. The lowest BCUT2D eigenvalue weighted by Gasteiger charge is -2.24. The fourth-order valence-electron chi connectivity index (χ4n) is 1.44. The molecule has 0 fully saturated rings. The lowest BCUT2D eigenvalue weighted by atomic mass is 9.97. The summed E-state index contributed by atoms with van der Waals surface area (Å²) in [5.41, 5.74) is 0.221. The second-order valence-corrected chi connectivity index (χ2v) is 4.29. The monoisotopic (exact) mass is 241 g/mol. The molecule has 0 heterocycles. The van der Waals surface area contributed by atoms with E-state index in [1.54, 1.807) is 6.92 Å². The summed E-state index contributed by atoms with van der Waals surface area (Å²) in [5, 5.41) is 12.6. The number of aliphatic hydroxyl groups excluding tert-OH is 1. The third-order valence-electron chi connectivity index (χ3n) is 2.44. The van der Waals surface area contributed by atoms with Gasteiger partial charge in [-0.15, -0.1) is 0 Å². The van der Waals surface area contributed by atoms with Gasteiger partial charge in [-0.25, -0.2) is 0 Å². The Bertz CT molecular complexity index is 342. The summed E-state index contributed by atoms with van der Waals surface area (Å²) in [7, 11) is 0. The molecule has 3 atom stereocenters. The Morgan fingerprint density at radius 3 is 2.44 bits per heavy atom. The van der Waals surface area contributed by atoms with Crippen molar-refractivity contribution in [2.24, 2.45) is 5.92 Å². The van der Waals surface area contributed by atoms with E-state index in [2.05, 4.69) is 5.32 Å². The molecule has 88 valence electrons. The van der Waals surface area contributed by atoms with E-state index in [9.17, 15) is 9.90 Å². The summed E-state index contributed by atoms with van der Waals surface area (Å²) < 4.78 is 0. The van der Waals surface area contributed by atoms with E-state index in [4.69, 9.17) is 11.6 Å². The zero-order valence-corrected chi connectivity index (χ0v) is 10.1. The molecule has 16 heavy (non-hydrogen) atoms. The number of carbonyl (C=O) groups excluding carboxylic acids is 1. The highest BCUT2D eigenvalue weighted by atomic mass is 35.5. The van der Waals surface area contributed by atoms with Gasteiger partial charge in [0.1, 0.15) is 5.50 Å². The average molecular weight is 242 g/mol. The van der Waals surface area contributed by atoms with E-state index in [0.717, 1.165) is 5.56 Å². The first-order chi connectivity index (χ1) is 7.52. The number of benzene rings is 1. The van der Waals surface area contributed by atoms with E-state index in [1.807, 2.05) is 30.3 Å². The number of hydrogen-bond donors (Lipinski definition) is 2. The predicted octanol–water partition coefficient (Wildman–Crippen LogP) is 2.06. The first-order valence-corrected chi connectivity index (χ1v) is 5.60. The number of carbonyl (C=O) groups is 1. The van der Waals surface area contributed by atoms with Crippen LogP contribution >= 0.6 is 11.6 Å². The first kappa shape index (κ1) is 13.0. The summed E-state index contributed by atoms with van der Waals surface area (Å²) >= 11 is 5.98. The van der Waals surface area contributed by atoms with Crippen LogP contribution < -0.4 is 5.32 Å². The number of alkyl halides is 1. The second kappa shape index (κ2) is 5.87. The van der Waals surface area contributed by atoms with Crippen LogP contribution in [0, 0.1) is 5.92 Å². The minimum Gasteiger partial charge on any atom is -0.388 e. The topological polar surface area (TPSA) is 49.3 Å². The lowest BCUT2D eigenvalue weighted by Crippen LogP contribution is -2.36. The van der Waals surface area contributed by atoms with Crippen molar-refractivity contribution in [3.05, 3.63) is 35.9 Å². The Hall–Kier alpha value is -1.06. The van der Waals surface area contributed by atoms with Crippen LogP contribution in [0.5, 0.6) is 0 Å². The largest absolute Gasteiger partial charge is 0.388 e. The van der Waals surface area contributed by atoms with Crippen LogP contribution in [-0.2, 0) is 4.79 Å². The van der Waals surface area contributed by atoms with Gasteiger partial charge in [-0.1, -0.05) is 48.9 Å². The molecule has 3 nitrogen and oxygen atoms in total. The fourth-order valence-corrected chi connectivity index (χ4v) is 1.73. The summed E-state index contributed by atoms with van der Waals surface area (Å²) in [6.07, 6.45) is -0.685. The number of hydrogen-bond acceptors (Lipinski definition) is 2. The van der Waals surface area contributed by atoms with Crippen LogP contribution in [0.25, 0.3) is 0 Å². The number of amides is 1. The molecule has 1 amide bonds. The standard InChI is InChI=1S/C12H16ClNO2/c1-8(12(13)14-9(2)15)11(16)10-6-4-3-5-7-10/h3-8,11-12,16H,1-2H3,(H,14,15). The Balaban J connectivity index is 2.67. The number of halogens is 1. The predicted molar refractivity (Wildman–Crippen MR) is 64.0 cm³/mol. The molecule has 0 saturated heterocycles. The molecular weight excluding hydrogens is 226 g/mol. The molecule has 0 aliphatic rings. The summed E-state index contributed by atoms with van der Waals surface area (Å²) in [5.74, 6) is -0.458. The van der Waals surface area contributed by atoms with Crippen molar-refractivity contribution >= 4 is 17.5 Å². The Kier molecular flexibility index (Phi) is 4.77. The summed E-state index contributed by atoms with van der Waals surface area (Å²) in [6.45, 7) is 3.20. The molecule has 0 spiro atoms. The maximum absolute atomic E-state index is 10.8. The van der Waals surface area contributed by atoms with Crippen molar-refractivity contribution in [1.29, 1.82) is 0 Å². The van der Waals surface area contributed by atoms with Gasteiger partial charge in [0.15, 0.2) is 0 Å². The minimum absolute atomic E-state index is 0.202. The molecule has 0 bridgehead atoms. The molecule has 0 radical (unpaired) electrons. The summed E-state index contributed by atoms with van der Waals surface area (Å²) in [6, 6.07) is 9.25. The van der Waals surface area contributed by atoms with Crippen molar-refractivity contribution in [3.8, 4) is 0 Å². The highest BCUT2D eigenvalue weighted by Gasteiger charge is 2.24. The molecule has 1 aromatic carbocycles. The molecule has 3 unspecified atom stereocenters. The van der Waals surface area contributed by atoms with Crippen molar-refractivity contribution in [3.63, 3.8) is 0 Å². The second-order valence-electron chi connectivity index (χ2n) is 3.82. The van der Waals surface area contributed by atoms with Crippen LogP contribution in [0.4, 0.5) is 0 Å². The van der Waals surface area contributed by atoms with Crippen LogP contribution in [0.15, 0.2) is 30.3 Å². The van der Waals surface area contributed by atoms with Gasteiger partial charge in [0.25, 0.3) is 0 Å². The van der Waals surface area contributed by atoms with Crippen LogP contribution in [0.3, 0.4) is 0 Å². The van der Waals surface area contributed by atoms with Gasteiger partial charge < -0.3 is 10.4 Å². The Morgan fingerprint density at radius 1 is 1.38 bits per heavy atom. The van der Waals surface area contributed by atoms with Crippen LogP contribution in [0.2, 0.25) is 0 Å². The van der Waals surface area contributed by atoms with Crippen LogP contribution in [-0.4, -0.2) is 16.5 Å². The smallest absolute Gasteiger partial charge is 0.218 e. The Morgan fingerprint density at radius 2 is 1.94 bits per heavy atom. The molecule has 2 N–H and O–H groups in total. The quantitative estimate of drug-likeness (QED) is 0.626. The molecule has 0 aliphatic heterocycles. The van der Waals surface area contributed by atoms with Crippen molar-refractivity contribution in [2.75, 3.05) is 0 Å². The van der Waals surface area contributed by atoms with Crippen LogP contribution in [0.1, 0.15) is 25.5 Å². The van der Waals surface area contributed by atoms with Crippen molar-refractivity contribution in [1.82, 2.24) is 5.32 Å². The van der Waals surface area contributed by atoms with Gasteiger partial charge in [-0.2, -0.15) is 0 Å². The highest BCUT2D eigenvalue weighted by Crippen LogP contribution is 2.25. The molecule has 0 aromatic heterocycles. The van der Waals surface area contributed by atoms with Gasteiger partial charge in [0.05, 0.1) is 6.10 Å². The number of rotatable bonds is 4. The SMILES string of the molecule is CC(=O)NC(Cl)C(C)C(O)c1ccccc1. The zero-order chi connectivity index (χ0) is 12.1. The van der Waals surface area contributed by atoms with E-state index >= 15 is 0 Å². The van der Waals surface area contributed by atoms with Gasteiger partial charge in [-0.05, 0) is 5.56 Å². The third-order valence-corrected chi connectivity index (χ3v) is 2.95. The molecule has 1 rings (SSSR count). The summed E-state index contributed by atoms with van der Waals surface area (Å²) in [4.78, 5) is 10.8. The van der Waals surface area contributed by atoms with Crippen molar-refractivity contribution < 1.29 is 9.90 Å². The lowest BCUT2D eigenvalue weighted by molar-refractivity contribution is -0.119. The molecule has 0 aliphatic carbocycles. The molecule has 4 heteroatoms. The Labute approximate surface area is 100 Å². The normalized spacial score (nSPS) is 16.2. The van der Waals surface area contributed by atoms with E-state index in [1.165, 1.54) is 6.92 Å². The number of aliphatic hydroxyl groups is 1.